The van der Waals surface area contributed by atoms with Crippen LogP contribution in [0.4, 0.5) is 0 Å². The highest BCUT2D eigenvalue weighted by Crippen LogP contribution is 2.43. The van der Waals surface area contributed by atoms with Crippen molar-refractivity contribution in [3.05, 3.63) is 158 Å². The first-order chi connectivity index (χ1) is 20.8. The Hall–Kier alpha value is -5.60. The average Bonchev–Trinajstić information content (AvgIpc) is 3.65. The molecule has 0 aliphatic rings. The Morgan fingerprint density at radius 2 is 0.524 bits per heavy atom. The van der Waals surface area contributed by atoms with Crippen molar-refractivity contribution in [1.82, 2.24) is 0 Å². The van der Waals surface area contributed by atoms with Gasteiger partial charge in [-0.15, -0.1) is 0 Å². The lowest BCUT2D eigenvalue weighted by molar-refractivity contribution is 0.601. The Morgan fingerprint density at radius 1 is 0.238 bits per heavy atom. The molecule has 0 radical (unpaired) electrons. The van der Waals surface area contributed by atoms with E-state index in [-0.39, 0.29) is 0 Å². The molecule has 2 heterocycles. The van der Waals surface area contributed by atoms with Crippen LogP contribution in [0.5, 0.6) is 0 Å². The predicted molar refractivity (Wildman–Crippen MR) is 173 cm³/mol. The Labute approximate surface area is 244 Å². The van der Waals surface area contributed by atoms with Crippen molar-refractivity contribution in [3.8, 4) is 56.4 Å². The van der Waals surface area contributed by atoms with Crippen molar-refractivity contribution >= 4 is 21.5 Å². The second kappa shape index (κ2) is 10.1. The molecule has 198 valence electrons. The number of furan rings is 2. The Kier molecular flexibility index (Phi) is 5.82. The van der Waals surface area contributed by atoms with Gasteiger partial charge in [-0.1, -0.05) is 133 Å². The lowest BCUT2D eigenvalue weighted by atomic mass is 9.96. The topological polar surface area (TPSA) is 26.3 Å². The monoisotopic (exact) mass is 538 g/mol. The van der Waals surface area contributed by atoms with Crippen molar-refractivity contribution in [2.75, 3.05) is 0 Å². The third-order valence-electron chi connectivity index (χ3n) is 7.90. The van der Waals surface area contributed by atoms with E-state index < -0.39 is 0 Å². The fourth-order valence-corrected chi connectivity index (χ4v) is 5.86. The van der Waals surface area contributed by atoms with Gasteiger partial charge in [-0.05, 0) is 35.4 Å². The molecule has 8 aromatic rings. The lowest BCUT2D eigenvalue weighted by Gasteiger charge is -2.05. The highest BCUT2D eigenvalue weighted by Gasteiger charge is 2.19. The van der Waals surface area contributed by atoms with Crippen molar-refractivity contribution in [1.29, 1.82) is 0 Å². The first-order valence-corrected chi connectivity index (χ1v) is 14.2. The summed E-state index contributed by atoms with van der Waals surface area (Å²) in [7, 11) is 0. The van der Waals surface area contributed by atoms with E-state index >= 15 is 0 Å². The molecule has 0 amide bonds. The van der Waals surface area contributed by atoms with Gasteiger partial charge in [-0.3, -0.25) is 0 Å². The maximum absolute atomic E-state index is 6.61. The molecular formula is C40H26O2. The predicted octanol–water partition coefficient (Wildman–Crippen LogP) is 11.5. The Bertz CT molecular complexity index is 2000. The summed E-state index contributed by atoms with van der Waals surface area (Å²) in [5.41, 5.74) is 6.51. The van der Waals surface area contributed by atoms with Gasteiger partial charge in [0.05, 0.1) is 0 Å². The molecule has 0 N–H and O–H groups in total. The number of benzene rings is 6. The molecule has 2 aromatic heterocycles. The van der Waals surface area contributed by atoms with Crippen LogP contribution in [0.3, 0.4) is 0 Å². The fraction of sp³-hybridized carbons (Fsp3) is 0. The number of rotatable bonds is 5. The summed E-state index contributed by atoms with van der Waals surface area (Å²) in [6, 6.07) is 54.7. The minimum atomic E-state index is 0.882. The van der Waals surface area contributed by atoms with Crippen LogP contribution in [0.2, 0.25) is 0 Å². The molecule has 2 heteroatoms. The number of fused-ring (bicyclic) bond motifs is 2. The summed E-state index contributed by atoms with van der Waals surface area (Å²) in [4.78, 5) is 0. The number of hydrogen-bond donors (Lipinski definition) is 0. The summed E-state index contributed by atoms with van der Waals surface area (Å²) < 4.78 is 13.2. The lowest BCUT2D eigenvalue weighted by Crippen LogP contribution is -1.81. The van der Waals surface area contributed by atoms with E-state index in [0.717, 1.165) is 78.0 Å². The van der Waals surface area contributed by atoms with E-state index in [1.54, 1.807) is 0 Å². The normalized spacial score (nSPS) is 11.3. The third kappa shape index (κ3) is 4.13. The van der Waals surface area contributed by atoms with Crippen LogP contribution in [0, 0.1) is 0 Å². The van der Waals surface area contributed by atoms with Gasteiger partial charge in [-0.25, -0.2) is 0 Å². The van der Waals surface area contributed by atoms with Gasteiger partial charge >= 0.3 is 0 Å². The maximum atomic E-state index is 6.61. The summed E-state index contributed by atoms with van der Waals surface area (Å²) in [6.07, 6.45) is 0. The highest BCUT2D eigenvalue weighted by atomic mass is 16.3. The van der Waals surface area contributed by atoms with Crippen LogP contribution >= 0.6 is 0 Å². The first-order valence-electron chi connectivity index (χ1n) is 14.2. The van der Waals surface area contributed by atoms with E-state index in [0.29, 0.717) is 0 Å². The van der Waals surface area contributed by atoms with Gasteiger partial charge in [-0.2, -0.15) is 0 Å². The van der Waals surface area contributed by atoms with Gasteiger partial charge in [0, 0.05) is 43.8 Å². The molecular weight excluding hydrogens is 512 g/mol. The Balaban J connectivity index is 1.33. The third-order valence-corrected chi connectivity index (χ3v) is 7.90. The average molecular weight is 539 g/mol. The summed E-state index contributed by atoms with van der Waals surface area (Å²) in [5.74, 6) is 3.54. The van der Waals surface area contributed by atoms with Gasteiger partial charge in [0.25, 0.3) is 0 Å². The molecule has 2 nitrogen and oxygen atoms in total. The molecule has 0 unspecified atom stereocenters. The molecule has 0 spiro atoms. The summed E-state index contributed by atoms with van der Waals surface area (Å²) in [5, 5.41) is 4.39. The molecule has 8 rings (SSSR count). The van der Waals surface area contributed by atoms with Crippen LogP contribution in [-0.4, -0.2) is 0 Å². The van der Waals surface area contributed by atoms with E-state index in [4.69, 9.17) is 8.83 Å². The van der Waals surface area contributed by atoms with Crippen LogP contribution < -0.4 is 0 Å². The quantitative estimate of drug-likeness (QED) is 0.218. The van der Waals surface area contributed by atoms with Gasteiger partial charge in [0.2, 0.25) is 0 Å². The largest absolute Gasteiger partial charge is 0.455 e. The van der Waals surface area contributed by atoms with Crippen LogP contribution in [-0.2, 0) is 0 Å². The van der Waals surface area contributed by atoms with Crippen molar-refractivity contribution < 1.29 is 8.83 Å². The zero-order valence-corrected chi connectivity index (χ0v) is 22.8. The molecule has 0 saturated carbocycles. The highest BCUT2D eigenvalue weighted by molar-refractivity contribution is 6.07. The standard InChI is InChI=1S/C40H26O2/c1-5-13-27(14-6-1)37-33-23-21-31(25-35(33)39(41-37)29-17-9-3-10-18-29)32-22-24-34-36(26-32)40(30-19-11-4-12-20-30)42-38(34)28-15-7-2-8-16-28/h1-26H. The molecule has 42 heavy (non-hydrogen) atoms. The zero-order chi connectivity index (χ0) is 27.9. The maximum Gasteiger partial charge on any atom is 0.142 e. The van der Waals surface area contributed by atoms with Crippen LogP contribution in [0.15, 0.2) is 167 Å². The molecule has 0 bridgehead atoms. The second-order valence-corrected chi connectivity index (χ2v) is 10.5. The van der Waals surface area contributed by atoms with Crippen molar-refractivity contribution in [2.24, 2.45) is 0 Å². The number of hydrogen-bond acceptors (Lipinski definition) is 2. The van der Waals surface area contributed by atoms with E-state index in [2.05, 4.69) is 133 Å². The summed E-state index contributed by atoms with van der Waals surface area (Å²) >= 11 is 0. The molecule has 0 saturated heterocycles. The Morgan fingerprint density at radius 3 is 0.833 bits per heavy atom. The molecule has 0 aliphatic carbocycles. The smallest absolute Gasteiger partial charge is 0.142 e. The molecule has 0 aliphatic heterocycles. The van der Waals surface area contributed by atoms with E-state index in [1.165, 1.54) is 0 Å². The first kappa shape index (κ1) is 24.2. The van der Waals surface area contributed by atoms with E-state index in [1.807, 2.05) is 24.3 Å². The molecule has 6 aromatic carbocycles. The summed E-state index contributed by atoms with van der Waals surface area (Å²) in [6.45, 7) is 0. The van der Waals surface area contributed by atoms with Crippen molar-refractivity contribution in [2.45, 2.75) is 0 Å². The second-order valence-electron chi connectivity index (χ2n) is 10.5. The van der Waals surface area contributed by atoms with Crippen LogP contribution in [0.25, 0.3) is 78.0 Å². The zero-order valence-electron chi connectivity index (χ0n) is 22.8. The van der Waals surface area contributed by atoms with Crippen LogP contribution in [0.1, 0.15) is 0 Å². The SMILES string of the molecule is c1ccc(-c2oc(-c3ccccc3)c3cc(-c4ccc5c(-c6ccccc6)oc(-c6ccccc6)c5c4)ccc23)cc1. The van der Waals surface area contributed by atoms with Gasteiger partial charge in [0.1, 0.15) is 23.0 Å². The van der Waals surface area contributed by atoms with Gasteiger partial charge < -0.3 is 8.83 Å². The minimum absolute atomic E-state index is 0.882. The van der Waals surface area contributed by atoms with Crippen molar-refractivity contribution in [3.63, 3.8) is 0 Å². The molecule has 0 atom stereocenters. The fourth-order valence-electron chi connectivity index (χ4n) is 5.86. The van der Waals surface area contributed by atoms with E-state index in [9.17, 15) is 0 Å². The van der Waals surface area contributed by atoms with Gasteiger partial charge in [0.15, 0.2) is 0 Å². The molecule has 0 fully saturated rings. The minimum Gasteiger partial charge on any atom is -0.455 e.